The topological polar surface area (TPSA) is 32.3 Å². The standard InChI is InChI=1S/C13H15Cl3N2O/c1-8-4-2-3-5-18(8)13(19)17-12-7-10(15)9(14)6-11(12)16/h6-8H,2-5H2,1H3,(H,17,19). The highest BCUT2D eigenvalue weighted by Crippen LogP contribution is 2.32. The first-order valence-corrected chi connectivity index (χ1v) is 7.34. The summed E-state index contributed by atoms with van der Waals surface area (Å²) in [5.41, 5.74) is 0.485. The van der Waals surface area contributed by atoms with Gasteiger partial charge in [0.1, 0.15) is 0 Å². The minimum atomic E-state index is -0.146. The van der Waals surface area contributed by atoms with Crippen molar-refractivity contribution >= 4 is 46.5 Å². The summed E-state index contributed by atoms with van der Waals surface area (Å²) in [6.07, 6.45) is 3.23. The fourth-order valence-electron chi connectivity index (χ4n) is 2.21. The van der Waals surface area contributed by atoms with Crippen LogP contribution in [0.2, 0.25) is 15.1 Å². The number of urea groups is 1. The number of amides is 2. The Balaban J connectivity index is 2.12. The van der Waals surface area contributed by atoms with Gasteiger partial charge >= 0.3 is 6.03 Å². The SMILES string of the molecule is CC1CCCCN1C(=O)Nc1cc(Cl)c(Cl)cc1Cl. The summed E-state index contributed by atoms with van der Waals surface area (Å²) in [5.74, 6) is 0. The van der Waals surface area contributed by atoms with Crippen molar-refractivity contribution < 1.29 is 4.79 Å². The highest BCUT2D eigenvalue weighted by molar-refractivity contribution is 6.44. The van der Waals surface area contributed by atoms with Crippen molar-refractivity contribution in [1.29, 1.82) is 0 Å². The maximum Gasteiger partial charge on any atom is 0.322 e. The van der Waals surface area contributed by atoms with Crippen LogP contribution in [0.5, 0.6) is 0 Å². The molecule has 19 heavy (non-hydrogen) atoms. The van der Waals surface area contributed by atoms with Gasteiger partial charge in [0.15, 0.2) is 0 Å². The van der Waals surface area contributed by atoms with Crippen LogP contribution in [0.4, 0.5) is 10.5 Å². The molecule has 1 aromatic rings. The van der Waals surface area contributed by atoms with E-state index in [-0.39, 0.29) is 12.1 Å². The maximum atomic E-state index is 12.2. The van der Waals surface area contributed by atoms with Crippen LogP contribution in [0.25, 0.3) is 0 Å². The number of nitrogens with zero attached hydrogens (tertiary/aromatic N) is 1. The molecule has 0 radical (unpaired) electrons. The van der Waals surface area contributed by atoms with Crippen molar-refractivity contribution in [2.24, 2.45) is 0 Å². The van der Waals surface area contributed by atoms with E-state index in [1.165, 1.54) is 12.5 Å². The van der Waals surface area contributed by atoms with E-state index >= 15 is 0 Å². The second-order valence-corrected chi connectivity index (χ2v) is 5.94. The zero-order valence-corrected chi connectivity index (χ0v) is 12.8. The molecule has 2 amide bonds. The largest absolute Gasteiger partial charge is 0.322 e. The molecular formula is C13H15Cl3N2O. The van der Waals surface area contributed by atoms with Gasteiger partial charge < -0.3 is 10.2 Å². The van der Waals surface area contributed by atoms with Gasteiger partial charge in [0.05, 0.1) is 20.8 Å². The summed E-state index contributed by atoms with van der Waals surface area (Å²) < 4.78 is 0. The van der Waals surface area contributed by atoms with Crippen LogP contribution in [0.15, 0.2) is 12.1 Å². The van der Waals surface area contributed by atoms with Crippen molar-refractivity contribution in [2.75, 3.05) is 11.9 Å². The first-order chi connectivity index (χ1) is 8.99. The van der Waals surface area contributed by atoms with E-state index in [9.17, 15) is 4.79 Å². The molecule has 1 aliphatic heterocycles. The van der Waals surface area contributed by atoms with Crippen molar-refractivity contribution in [1.82, 2.24) is 4.90 Å². The summed E-state index contributed by atoms with van der Waals surface area (Å²) in [4.78, 5) is 14.0. The van der Waals surface area contributed by atoms with Gasteiger partial charge in [0, 0.05) is 12.6 Å². The molecule has 1 saturated heterocycles. The van der Waals surface area contributed by atoms with Crippen LogP contribution in [-0.2, 0) is 0 Å². The van der Waals surface area contributed by atoms with Gasteiger partial charge in [0.25, 0.3) is 0 Å². The van der Waals surface area contributed by atoms with Gasteiger partial charge in [-0.2, -0.15) is 0 Å². The Bertz CT molecular complexity index is 493. The number of carbonyl (C=O) groups is 1. The molecule has 1 fully saturated rings. The summed E-state index contributed by atoms with van der Waals surface area (Å²) in [6.45, 7) is 2.82. The van der Waals surface area contributed by atoms with Crippen molar-refractivity contribution in [2.45, 2.75) is 32.2 Å². The van der Waals surface area contributed by atoms with E-state index in [4.69, 9.17) is 34.8 Å². The molecule has 0 aromatic heterocycles. The molecule has 0 bridgehead atoms. The van der Waals surface area contributed by atoms with Crippen molar-refractivity contribution in [3.05, 3.63) is 27.2 Å². The van der Waals surface area contributed by atoms with Gasteiger partial charge in [-0.25, -0.2) is 4.79 Å². The number of carbonyl (C=O) groups excluding carboxylic acids is 1. The highest BCUT2D eigenvalue weighted by Gasteiger charge is 2.23. The Morgan fingerprint density at radius 2 is 1.89 bits per heavy atom. The molecule has 1 atom stereocenters. The molecule has 1 N–H and O–H groups in total. The molecule has 1 unspecified atom stereocenters. The average molecular weight is 322 g/mol. The molecular weight excluding hydrogens is 307 g/mol. The van der Waals surface area contributed by atoms with Gasteiger partial charge in [-0.3, -0.25) is 0 Å². The lowest BCUT2D eigenvalue weighted by molar-refractivity contribution is 0.170. The predicted octanol–water partition coefficient (Wildman–Crippen LogP) is 5.05. The highest BCUT2D eigenvalue weighted by atomic mass is 35.5. The van der Waals surface area contributed by atoms with Crippen LogP contribution >= 0.6 is 34.8 Å². The number of piperidine rings is 1. The first kappa shape index (κ1) is 14.8. The van der Waals surface area contributed by atoms with Crippen LogP contribution in [0.3, 0.4) is 0 Å². The number of nitrogens with one attached hydrogen (secondary N) is 1. The smallest absolute Gasteiger partial charge is 0.322 e. The van der Waals surface area contributed by atoms with Crippen molar-refractivity contribution in [3.63, 3.8) is 0 Å². The maximum absolute atomic E-state index is 12.2. The van der Waals surface area contributed by atoms with Gasteiger partial charge in [-0.1, -0.05) is 34.8 Å². The number of rotatable bonds is 1. The Kier molecular flexibility index (Phi) is 4.82. The summed E-state index contributed by atoms with van der Waals surface area (Å²) in [5, 5.41) is 3.91. The average Bonchev–Trinajstić information content (AvgIpc) is 2.36. The Morgan fingerprint density at radius 1 is 1.21 bits per heavy atom. The normalized spacial score (nSPS) is 19.4. The third-order valence-corrected chi connectivity index (χ3v) is 4.35. The lowest BCUT2D eigenvalue weighted by Crippen LogP contribution is -2.44. The molecule has 2 rings (SSSR count). The number of anilines is 1. The predicted molar refractivity (Wildman–Crippen MR) is 80.5 cm³/mol. The minimum Gasteiger partial charge on any atom is -0.322 e. The fourth-order valence-corrected chi connectivity index (χ4v) is 2.80. The quantitative estimate of drug-likeness (QED) is 0.721. The summed E-state index contributed by atoms with van der Waals surface area (Å²) >= 11 is 17.8. The van der Waals surface area contributed by atoms with E-state index in [1.54, 1.807) is 6.07 Å². The first-order valence-electron chi connectivity index (χ1n) is 6.21. The molecule has 6 heteroatoms. The van der Waals surface area contributed by atoms with E-state index in [2.05, 4.69) is 12.2 Å². The lowest BCUT2D eigenvalue weighted by atomic mass is 10.0. The molecule has 104 valence electrons. The Morgan fingerprint density at radius 3 is 2.58 bits per heavy atom. The second-order valence-electron chi connectivity index (χ2n) is 4.71. The lowest BCUT2D eigenvalue weighted by Gasteiger charge is -2.33. The molecule has 0 spiro atoms. The van der Waals surface area contributed by atoms with Crippen LogP contribution in [0.1, 0.15) is 26.2 Å². The third-order valence-electron chi connectivity index (χ3n) is 3.32. The molecule has 0 saturated carbocycles. The third kappa shape index (κ3) is 3.47. The zero-order chi connectivity index (χ0) is 14.0. The number of halogens is 3. The van der Waals surface area contributed by atoms with E-state index in [0.717, 1.165) is 19.4 Å². The van der Waals surface area contributed by atoms with Crippen LogP contribution in [0, 0.1) is 0 Å². The van der Waals surface area contributed by atoms with Crippen molar-refractivity contribution in [3.8, 4) is 0 Å². The molecule has 1 heterocycles. The minimum absolute atomic E-state index is 0.146. The van der Waals surface area contributed by atoms with Gasteiger partial charge in [0.2, 0.25) is 0 Å². The Hall–Kier alpha value is -0.640. The van der Waals surface area contributed by atoms with Gasteiger partial charge in [-0.15, -0.1) is 0 Å². The number of likely N-dealkylation sites (tertiary alicyclic amines) is 1. The molecule has 3 nitrogen and oxygen atoms in total. The monoisotopic (exact) mass is 320 g/mol. The van der Waals surface area contributed by atoms with Crippen LogP contribution in [-0.4, -0.2) is 23.5 Å². The number of hydrogen-bond donors (Lipinski definition) is 1. The zero-order valence-electron chi connectivity index (χ0n) is 10.5. The number of benzene rings is 1. The van der Waals surface area contributed by atoms with E-state index < -0.39 is 0 Å². The second kappa shape index (κ2) is 6.21. The fraction of sp³-hybridized carbons (Fsp3) is 0.462. The number of hydrogen-bond acceptors (Lipinski definition) is 1. The molecule has 1 aliphatic rings. The molecule has 1 aromatic carbocycles. The Labute approximate surface area is 127 Å². The van der Waals surface area contributed by atoms with Crippen LogP contribution < -0.4 is 5.32 Å². The van der Waals surface area contributed by atoms with Gasteiger partial charge in [-0.05, 0) is 38.3 Å². The summed E-state index contributed by atoms with van der Waals surface area (Å²) in [6, 6.07) is 3.20. The summed E-state index contributed by atoms with van der Waals surface area (Å²) in [7, 11) is 0. The molecule has 0 aliphatic carbocycles. The van der Waals surface area contributed by atoms with E-state index in [1.807, 2.05) is 4.90 Å². The van der Waals surface area contributed by atoms with E-state index in [0.29, 0.717) is 20.8 Å².